The van der Waals surface area contributed by atoms with Crippen LogP contribution in [0.25, 0.3) is 0 Å². The molecule has 0 saturated heterocycles. The van der Waals surface area contributed by atoms with Crippen LogP contribution in [0.1, 0.15) is 37.0 Å². The second-order valence-electron chi connectivity index (χ2n) is 5.48. The van der Waals surface area contributed by atoms with Crippen molar-refractivity contribution in [3.05, 3.63) is 23.8 Å². The van der Waals surface area contributed by atoms with Crippen LogP contribution >= 0.6 is 0 Å². The molecule has 0 unspecified atom stereocenters. The topological polar surface area (TPSA) is 95.6 Å². The predicted octanol–water partition coefficient (Wildman–Crippen LogP) is 1.59. The normalized spacial score (nSPS) is 11.3. The third-order valence-corrected chi connectivity index (χ3v) is 2.95. The van der Waals surface area contributed by atoms with E-state index in [1.165, 1.54) is 18.2 Å². The highest BCUT2D eigenvalue weighted by Crippen LogP contribution is 2.22. The van der Waals surface area contributed by atoms with Gasteiger partial charge in [-0.3, -0.25) is 4.79 Å². The number of aromatic hydroxyl groups is 2. The number of benzene rings is 1. The van der Waals surface area contributed by atoms with Gasteiger partial charge >= 0.3 is 0 Å². The van der Waals surface area contributed by atoms with Gasteiger partial charge in [0.2, 0.25) is 0 Å². The Kier molecular flexibility index (Phi) is 5.18. The summed E-state index contributed by atoms with van der Waals surface area (Å²) in [6.07, 6.45) is 1.84. The Morgan fingerprint density at radius 2 is 1.84 bits per heavy atom. The van der Waals surface area contributed by atoms with Crippen molar-refractivity contribution in [1.29, 1.82) is 0 Å². The van der Waals surface area contributed by atoms with Crippen LogP contribution in [0.2, 0.25) is 0 Å². The molecule has 1 aromatic rings. The molecule has 0 aliphatic rings. The maximum Gasteiger partial charge on any atom is 0.251 e. The fraction of sp³-hybridized carbons (Fsp3) is 0.500. The van der Waals surface area contributed by atoms with E-state index in [1.807, 2.05) is 0 Å². The molecule has 1 amide bonds. The van der Waals surface area contributed by atoms with Crippen molar-refractivity contribution in [2.75, 3.05) is 13.1 Å². The molecule has 1 rings (SSSR count). The van der Waals surface area contributed by atoms with Gasteiger partial charge in [-0.15, -0.1) is 0 Å². The predicted molar refractivity (Wildman–Crippen MR) is 74.2 cm³/mol. The minimum absolute atomic E-state index is 0.0338. The van der Waals surface area contributed by atoms with Crippen LogP contribution in [0.3, 0.4) is 0 Å². The summed E-state index contributed by atoms with van der Waals surface area (Å²) in [6.45, 7) is 5.27. The fourth-order valence-electron chi connectivity index (χ4n) is 1.82. The Balaban J connectivity index is 2.60. The van der Waals surface area contributed by atoms with E-state index in [0.717, 1.165) is 12.8 Å². The van der Waals surface area contributed by atoms with Crippen molar-refractivity contribution in [3.8, 4) is 11.5 Å². The number of nitrogens with two attached hydrogens (primary N) is 1. The quantitative estimate of drug-likeness (QED) is 0.629. The molecule has 1 aromatic carbocycles. The molecule has 0 bridgehead atoms. The number of phenolic OH excluding ortho intramolecular Hbond substituents is 2. The zero-order valence-corrected chi connectivity index (χ0v) is 11.4. The molecular formula is C14H22N2O3. The summed E-state index contributed by atoms with van der Waals surface area (Å²) in [7, 11) is 0. The lowest BCUT2D eigenvalue weighted by molar-refractivity contribution is 0.0933. The Morgan fingerprint density at radius 3 is 2.37 bits per heavy atom. The van der Waals surface area contributed by atoms with Gasteiger partial charge in [-0.25, -0.2) is 0 Å². The molecule has 0 saturated carbocycles. The average Bonchev–Trinajstić information content (AvgIpc) is 2.32. The Morgan fingerprint density at radius 1 is 1.26 bits per heavy atom. The van der Waals surface area contributed by atoms with Crippen molar-refractivity contribution >= 4 is 5.91 Å². The van der Waals surface area contributed by atoms with Crippen LogP contribution in [-0.2, 0) is 0 Å². The van der Waals surface area contributed by atoms with E-state index in [1.54, 1.807) is 0 Å². The average molecular weight is 266 g/mol. The summed E-state index contributed by atoms with van der Waals surface area (Å²) in [6, 6.07) is 3.83. The van der Waals surface area contributed by atoms with Gasteiger partial charge in [-0.05, 0) is 36.9 Å². The van der Waals surface area contributed by atoms with Crippen LogP contribution < -0.4 is 11.1 Å². The Bertz CT molecular complexity index is 424. The van der Waals surface area contributed by atoms with E-state index >= 15 is 0 Å². The fourth-order valence-corrected chi connectivity index (χ4v) is 1.82. The molecule has 106 valence electrons. The lowest BCUT2D eigenvalue weighted by Gasteiger charge is -2.24. The van der Waals surface area contributed by atoms with Crippen LogP contribution in [0.4, 0.5) is 0 Å². The molecule has 5 heteroatoms. The number of hydrogen-bond donors (Lipinski definition) is 4. The van der Waals surface area contributed by atoms with Crippen LogP contribution in [-0.4, -0.2) is 29.2 Å². The van der Waals surface area contributed by atoms with Crippen molar-refractivity contribution in [2.45, 2.75) is 26.7 Å². The SMILES string of the molecule is CC(C)(CCCN)CNC(=O)c1cc(O)cc(O)c1. The van der Waals surface area contributed by atoms with Crippen LogP contribution in [0, 0.1) is 5.41 Å². The Labute approximate surface area is 113 Å². The molecule has 0 spiro atoms. The number of carbonyl (C=O) groups excluding carboxylic acids is 1. The molecule has 0 fully saturated rings. The first kappa shape index (κ1) is 15.3. The van der Waals surface area contributed by atoms with Gasteiger partial charge in [0.05, 0.1) is 0 Å². The maximum atomic E-state index is 11.9. The van der Waals surface area contributed by atoms with Crippen molar-refractivity contribution in [1.82, 2.24) is 5.32 Å². The molecule has 19 heavy (non-hydrogen) atoms. The standard InChI is InChI=1S/C14H22N2O3/c1-14(2,4-3-5-15)9-16-13(19)10-6-11(17)8-12(18)7-10/h6-8,17-18H,3-5,9,15H2,1-2H3,(H,16,19). The molecule has 0 heterocycles. The second kappa shape index (κ2) is 6.43. The van der Waals surface area contributed by atoms with E-state index in [9.17, 15) is 15.0 Å². The van der Waals surface area contributed by atoms with E-state index in [4.69, 9.17) is 5.73 Å². The second-order valence-corrected chi connectivity index (χ2v) is 5.48. The highest BCUT2D eigenvalue weighted by atomic mass is 16.3. The molecule has 0 aliphatic carbocycles. The van der Waals surface area contributed by atoms with Crippen LogP contribution in [0.15, 0.2) is 18.2 Å². The van der Waals surface area contributed by atoms with Gasteiger partial charge in [0.25, 0.3) is 5.91 Å². The molecule has 0 atom stereocenters. The van der Waals surface area contributed by atoms with E-state index in [-0.39, 0.29) is 28.4 Å². The summed E-state index contributed by atoms with van der Waals surface area (Å²) in [5.74, 6) is -0.577. The molecule has 0 aliphatic heterocycles. The number of nitrogens with one attached hydrogen (secondary N) is 1. The van der Waals surface area contributed by atoms with Crippen LogP contribution in [0.5, 0.6) is 11.5 Å². The van der Waals surface area contributed by atoms with Crippen molar-refractivity contribution < 1.29 is 15.0 Å². The van der Waals surface area contributed by atoms with Crippen molar-refractivity contribution in [3.63, 3.8) is 0 Å². The zero-order valence-electron chi connectivity index (χ0n) is 11.4. The first-order valence-electron chi connectivity index (χ1n) is 6.35. The molecule has 0 aromatic heterocycles. The minimum atomic E-state index is -0.313. The van der Waals surface area contributed by atoms with Gasteiger partial charge in [-0.2, -0.15) is 0 Å². The molecule has 5 N–H and O–H groups in total. The number of hydrogen-bond acceptors (Lipinski definition) is 4. The third kappa shape index (κ3) is 5.18. The molecule has 5 nitrogen and oxygen atoms in total. The summed E-state index contributed by atoms with van der Waals surface area (Å²) in [4.78, 5) is 11.9. The first-order valence-corrected chi connectivity index (χ1v) is 6.35. The maximum absolute atomic E-state index is 11.9. The smallest absolute Gasteiger partial charge is 0.251 e. The monoisotopic (exact) mass is 266 g/mol. The molecule has 0 radical (unpaired) electrons. The van der Waals surface area contributed by atoms with Gasteiger partial charge < -0.3 is 21.3 Å². The van der Waals surface area contributed by atoms with Gasteiger partial charge in [0.15, 0.2) is 0 Å². The summed E-state index contributed by atoms with van der Waals surface area (Å²) in [5.41, 5.74) is 5.68. The van der Waals surface area contributed by atoms with Gasteiger partial charge in [0, 0.05) is 18.2 Å². The number of carbonyl (C=O) groups is 1. The lowest BCUT2D eigenvalue weighted by Crippen LogP contribution is -2.34. The number of rotatable bonds is 6. The van der Waals surface area contributed by atoms with Crippen molar-refractivity contribution in [2.24, 2.45) is 11.1 Å². The van der Waals surface area contributed by atoms with E-state index < -0.39 is 0 Å². The molecular weight excluding hydrogens is 244 g/mol. The third-order valence-electron chi connectivity index (χ3n) is 2.95. The van der Waals surface area contributed by atoms with Gasteiger partial charge in [-0.1, -0.05) is 13.8 Å². The first-order chi connectivity index (χ1) is 8.84. The summed E-state index contributed by atoms with van der Waals surface area (Å²) < 4.78 is 0. The summed E-state index contributed by atoms with van der Waals surface area (Å²) >= 11 is 0. The van der Waals surface area contributed by atoms with Gasteiger partial charge in [0.1, 0.15) is 11.5 Å². The Hall–Kier alpha value is -1.75. The number of amides is 1. The largest absolute Gasteiger partial charge is 0.508 e. The summed E-state index contributed by atoms with van der Waals surface area (Å²) in [5, 5.41) is 21.5. The highest BCUT2D eigenvalue weighted by molar-refractivity contribution is 5.95. The minimum Gasteiger partial charge on any atom is -0.508 e. The van der Waals surface area contributed by atoms with E-state index in [2.05, 4.69) is 19.2 Å². The van der Waals surface area contributed by atoms with E-state index in [0.29, 0.717) is 13.1 Å². The lowest BCUT2D eigenvalue weighted by atomic mass is 9.87. The number of phenols is 2. The highest BCUT2D eigenvalue weighted by Gasteiger charge is 2.19. The zero-order chi connectivity index (χ0) is 14.5.